The maximum Gasteiger partial charge on any atom is 0.0308 e. The maximum atomic E-state index is 5.76. The van der Waals surface area contributed by atoms with E-state index >= 15 is 0 Å². The molecule has 0 radical (unpaired) electrons. The van der Waals surface area contributed by atoms with E-state index in [9.17, 15) is 0 Å². The van der Waals surface area contributed by atoms with Crippen molar-refractivity contribution in [1.82, 2.24) is 5.32 Å². The van der Waals surface area contributed by atoms with Gasteiger partial charge in [-0.1, -0.05) is 0 Å². The number of hydrogen-bond acceptors (Lipinski definition) is 2. The summed E-state index contributed by atoms with van der Waals surface area (Å²) < 4.78 is 0. The van der Waals surface area contributed by atoms with Gasteiger partial charge in [0, 0.05) is 18.1 Å². The Morgan fingerprint density at radius 3 is 2.33 bits per heavy atom. The van der Waals surface area contributed by atoms with E-state index in [1.807, 2.05) is 0 Å². The second kappa shape index (κ2) is 1.70. The monoisotopic (exact) mass is 126 g/mol. The third-order valence-electron chi connectivity index (χ3n) is 2.66. The normalized spacial score (nSPS) is 49.7. The second-order valence-electron chi connectivity index (χ2n) is 3.47. The van der Waals surface area contributed by atoms with E-state index in [0.717, 1.165) is 0 Å². The molecule has 1 saturated carbocycles. The summed E-state index contributed by atoms with van der Waals surface area (Å²) in [4.78, 5) is 0. The van der Waals surface area contributed by atoms with E-state index in [0.29, 0.717) is 11.6 Å². The van der Waals surface area contributed by atoms with Gasteiger partial charge in [-0.2, -0.15) is 0 Å². The third kappa shape index (κ3) is 0.970. The molecule has 1 saturated heterocycles. The molecule has 3 N–H and O–H groups in total. The van der Waals surface area contributed by atoms with Crippen molar-refractivity contribution in [3.63, 3.8) is 0 Å². The van der Waals surface area contributed by atoms with Crippen LogP contribution in [0.4, 0.5) is 0 Å². The van der Waals surface area contributed by atoms with Crippen LogP contribution in [0.5, 0.6) is 0 Å². The highest BCUT2D eigenvalue weighted by Crippen LogP contribution is 2.34. The molecule has 2 nitrogen and oxygen atoms in total. The van der Waals surface area contributed by atoms with Crippen LogP contribution in [0.3, 0.4) is 0 Å². The van der Waals surface area contributed by atoms with E-state index in [1.54, 1.807) is 0 Å². The van der Waals surface area contributed by atoms with Gasteiger partial charge in [-0.25, -0.2) is 0 Å². The van der Waals surface area contributed by atoms with Gasteiger partial charge in [0.05, 0.1) is 0 Å². The molecule has 2 rings (SSSR count). The lowest BCUT2D eigenvalue weighted by Gasteiger charge is -2.24. The first kappa shape index (κ1) is 5.69. The Hall–Kier alpha value is -0.0800. The zero-order valence-corrected chi connectivity index (χ0v) is 5.69. The van der Waals surface area contributed by atoms with Crippen LogP contribution in [-0.2, 0) is 0 Å². The van der Waals surface area contributed by atoms with Gasteiger partial charge < -0.3 is 11.1 Å². The van der Waals surface area contributed by atoms with Gasteiger partial charge in [0.15, 0.2) is 0 Å². The summed E-state index contributed by atoms with van der Waals surface area (Å²) in [5, 5.41) is 3.41. The maximum absolute atomic E-state index is 5.76. The third-order valence-corrected chi connectivity index (χ3v) is 2.66. The Morgan fingerprint density at radius 2 is 1.89 bits per heavy atom. The molecule has 2 heteroatoms. The molecule has 52 valence electrons. The SMILES string of the molecule is NC1CCC2(CC1)CN2. The fraction of sp³-hybridized carbons (Fsp3) is 1.00. The zero-order chi connectivity index (χ0) is 6.32. The van der Waals surface area contributed by atoms with Crippen molar-refractivity contribution in [3.8, 4) is 0 Å². The van der Waals surface area contributed by atoms with Crippen molar-refractivity contribution in [1.29, 1.82) is 0 Å². The number of rotatable bonds is 0. The van der Waals surface area contributed by atoms with Crippen molar-refractivity contribution in [2.45, 2.75) is 37.3 Å². The predicted octanol–water partition coefficient (Wildman–Crippen LogP) is 0.230. The van der Waals surface area contributed by atoms with Crippen molar-refractivity contribution in [2.24, 2.45) is 5.73 Å². The molecule has 1 spiro atoms. The van der Waals surface area contributed by atoms with Crippen LogP contribution in [0.25, 0.3) is 0 Å². The molecule has 0 aromatic carbocycles. The summed E-state index contributed by atoms with van der Waals surface area (Å²) in [6.45, 7) is 1.25. The Kier molecular flexibility index (Phi) is 1.08. The Bertz CT molecular complexity index is 108. The van der Waals surface area contributed by atoms with Gasteiger partial charge in [0.25, 0.3) is 0 Å². The molecule has 9 heavy (non-hydrogen) atoms. The first-order valence-corrected chi connectivity index (χ1v) is 3.81. The van der Waals surface area contributed by atoms with E-state index in [2.05, 4.69) is 5.32 Å². The molecule has 0 unspecified atom stereocenters. The lowest BCUT2D eigenvalue weighted by molar-refractivity contribution is 0.370. The van der Waals surface area contributed by atoms with Crippen LogP contribution in [0.15, 0.2) is 0 Å². The first-order valence-electron chi connectivity index (χ1n) is 3.81. The lowest BCUT2D eigenvalue weighted by atomic mass is 9.86. The van der Waals surface area contributed by atoms with Crippen LogP contribution in [-0.4, -0.2) is 18.1 Å². The van der Waals surface area contributed by atoms with Gasteiger partial charge in [0.2, 0.25) is 0 Å². The molecule has 2 fully saturated rings. The summed E-state index contributed by atoms with van der Waals surface area (Å²) >= 11 is 0. The van der Waals surface area contributed by atoms with Gasteiger partial charge in [-0.05, 0) is 25.7 Å². The highest BCUT2D eigenvalue weighted by molar-refractivity contribution is 5.06. The standard InChI is InChI=1S/C7H14N2/c8-6-1-3-7(4-2-6)5-9-7/h6,9H,1-5,8H2. The minimum atomic E-state index is 0.498. The van der Waals surface area contributed by atoms with Crippen LogP contribution in [0, 0.1) is 0 Å². The summed E-state index contributed by atoms with van der Waals surface area (Å²) in [5.41, 5.74) is 6.34. The number of hydrogen-bond donors (Lipinski definition) is 2. The van der Waals surface area contributed by atoms with Gasteiger partial charge >= 0.3 is 0 Å². The fourth-order valence-corrected chi connectivity index (χ4v) is 1.67. The van der Waals surface area contributed by atoms with Crippen LogP contribution in [0.1, 0.15) is 25.7 Å². The smallest absolute Gasteiger partial charge is 0.0308 e. The van der Waals surface area contributed by atoms with Gasteiger partial charge in [-0.15, -0.1) is 0 Å². The van der Waals surface area contributed by atoms with E-state index in [1.165, 1.54) is 32.2 Å². The topological polar surface area (TPSA) is 48.0 Å². The van der Waals surface area contributed by atoms with Gasteiger partial charge in [-0.3, -0.25) is 0 Å². The van der Waals surface area contributed by atoms with Crippen LogP contribution in [0.2, 0.25) is 0 Å². The Labute approximate surface area is 55.8 Å². The molecule has 1 heterocycles. The van der Waals surface area contributed by atoms with Crippen LogP contribution >= 0.6 is 0 Å². The number of nitrogens with one attached hydrogen (secondary N) is 1. The van der Waals surface area contributed by atoms with Crippen molar-refractivity contribution >= 4 is 0 Å². The quantitative estimate of drug-likeness (QED) is 0.456. The van der Waals surface area contributed by atoms with E-state index < -0.39 is 0 Å². The Morgan fingerprint density at radius 1 is 1.33 bits per heavy atom. The average molecular weight is 126 g/mol. The lowest BCUT2D eigenvalue weighted by Crippen LogP contribution is -2.32. The molecule has 0 atom stereocenters. The first-order chi connectivity index (χ1) is 4.31. The molecular formula is C7H14N2. The second-order valence-corrected chi connectivity index (χ2v) is 3.47. The summed E-state index contributed by atoms with van der Waals surface area (Å²) in [5.74, 6) is 0. The fourth-order valence-electron chi connectivity index (χ4n) is 1.67. The van der Waals surface area contributed by atoms with Crippen molar-refractivity contribution < 1.29 is 0 Å². The molecule has 1 aliphatic carbocycles. The molecular weight excluding hydrogens is 112 g/mol. The summed E-state index contributed by atoms with van der Waals surface area (Å²) in [7, 11) is 0. The molecule has 0 bridgehead atoms. The highest BCUT2D eigenvalue weighted by Gasteiger charge is 2.43. The van der Waals surface area contributed by atoms with E-state index in [-0.39, 0.29) is 0 Å². The number of nitrogens with two attached hydrogens (primary N) is 1. The van der Waals surface area contributed by atoms with Crippen molar-refractivity contribution in [3.05, 3.63) is 0 Å². The minimum absolute atomic E-state index is 0.498. The molecule has 1 aliphatic heterocycles. The molecule has 0 aromatic rings. The zero-order valence-electron chi connectivity index (χ0n) is 5.69. The van der Waals surface area contributed by atoms with Crippen molar-refractivity contribution in [2.75, 3.05) is 6.54 Å². The van der Waals surface area contributed by atoms with E-state index in [4.69, 9.17) is 5.73 Å². The van der Waals surface area contributed by atoms with Crippen LogP contribution < -0.4 is 11.1 Å². The summed E-state index contributed by atoms with van der Waals surface area (Å²) in [6, 6.07) is 0.498. The Balaban J connectivity index is 1.91. The molecule has 0 aromatic heterocycles. The largest absolute Gasteiger partial charge is 0.328 e. The molecule has 2 aliphatic rings. The molecule has 0 amide bonds. The summed E-state index contributed by atoms with van der Waals surface area (Å²) in [6.07, 6.45) is 5.09. The highest BCUT2D eigenvalue weighted by atomic mass is 15.2. The predicted molar refractivity (Wildman–Crippen MR) is 37.2 cm³/mol. The van der Waals surface area contributed by atoms with Gasteiger partial charge in [0.1, 0.15) is 0 Å². The average Bonchev–Trinajstić information content (AvgIpc) is 2.60. The minimum Gasteiger partial charge on any atom is -0.328 e.